The van der Waals surface area contributed by atoms with Gasteiger partial charge >= 0.3 is 6.18 Å². The molecule has 0 unspecified atom stereocenters. The maximum Gasteiger partial charge on any atom is 0.401 e. The molecule has 0 aromatic rings. The fourth-order valence-electron chi connectivity index (χ4n) is 2.84. The van der Waals surface area contributed by atoms with Crippen LogP contribution in [0.4, 0.5) is 13.2 Å². The van der Waals surface area contributed by atoms with E-state index in [9.17, 15) is 13.2 Å². The van der Waals surface area contributed by atoms with Gasteiger partial charge in [-0.25, -0.2) is 0 Å². The summed E-state index contributed by atoms with van der Waals surface area (Å²) in [5, 5.41) is 3.52. The van der Waals surface area contributed by atoms with Crippen LogP contribution in [0, 0.1) is 5.41 Å². The van der Waals surface area contributed by atoms with Gasteiger partial charge in [-0.15, -0.1) is 0 Å². The summed E-state index contributed by atoms with van der Waals surface area (Å²) in [5.41, 5.74) is -0.0174. The smallest absolute Gasteiger partial charge is 0.313 e. The van der Waals surface area contributed by atoms with Crippen LogP contribution in [0.1, 0.15) is 52.4 Å². The van der Waals surface area contributed by atoms with Crippen molar-refractivity contribution in [1.82, 2.24) is 10.2 Å². The summed E-state index contributed by atoms with van der Waals surface area (Å²) in [6.07, 6.45) is 2.08. The van der Waals surface area contributed by atoms with E-state index in [2.05, 4.69) is 19.2 Å². The highest BCUT2D eigenvalue weighted by molar-refractivity contribution is 4.93. The second-order valence-corrected chi connectivity index (χ2v) is 6.61. The minimum Gasteiger partial charge on any atom is -0.313 e. The van der Waals surface area contributed by atoms with Gasteiger partial charge in [0.15, 0.2) is 0 Å². The monoisotopic (exact) mass is 292 g/mol. The molecule has 0 atom stereocenters. The summed E-state index contributed by atoms with van der Waals surface area (Å²) >= 11 is 0. The van der Waals surface area contributed by atoms with E-state index in [1.807, 2.05) is 0 Å². The molecule has 0 aromatic heterocycles. The fourth-order valence-corrected chi connectivity index (χ4v) is 2.84. The molecular weight excluding hydrogens is 265 g/mol. The maximum absolute atomic E-state index is 12.7. The lowest BCUT2D eigenvalue weighted by atomic mass is 9.81. The predicted molar refractivity (Wildman–Crippen MR) is 74.7 cm³/mol. The van der Waals surface area contributed by atoms with Gasteiger partial charge in [0.2, 0.25) is 0 Å². The van der Waals surface area contributed by atoms with Crippen molar-refractivity contribution in [1.29, 1.82) is 0 Å². The van der Waals surface area contributed by atoms with Gasteiger partial charge in [-0.1, -0.05) is 13.8 Å². The Kier molecular flexibility index (Phi) is 5.00. The molecule has 0 heterocycles. The largest absolute Gasteiger partial charge is 0.401 e. The van der Waals surface area contributed by atoms with Crippen LogP contribution in [0.15, 0.2) is 0 Å². The van der Waals surface area contributed by atoms with Crippen molar-refractivity contribution in [2.75, 3.05) is 19.6 Å². The standard InChI is InChI=1S/C15H27F3N2/c1-3-14(4-2,9-19-12-5-6-12)10-20(13-7-8-13)11-15(16,17)18/h12-13,19H,3-11H2,1-2H3. The number of rotatable bonds is 9. The third-order valence-corrected chi connectivity index (χ3v) is 4.83. The highest BCUT2D eigenvalue weighted by Gasteiger charge is 2.41. The van der Waals surface area contributed by atoms with Crippen molar-refractivity contribution >= 4 is 0 Å². The lowest BCUT2D eigenvalue weighted by Crippen LogP contribution is -2.47. The van der Waals surface area contributed by atoms with E-state index in [-0.39, 0.29) is 11.5 Å². The Labute approximate surface area is 120 Å². The van der Waals surface area contributed by atoms with E-state index in [0.717, 1.165) is 32.2 Å². The molecule has 20 heavy (non-hydrogen) atoms. The summed E-state index contributed by atoms with van der Waals surface area (Å²) in [7, 11) is 0. The molecule has 2 fully saturated rings. The van der Waals surface area contributed by atoms with Crippen LogP contribution in [-0.2, 0) is 0 Å². The predicted octanol–water partition coefficient (Wildman–Crippen LogP) is 3.57. The molecule has 2 nitrogen and oxygen atoms in total. The Balaban J connectivity index is 1.95. The summed E-state index contributed by atoms with van der Waals surface area (Å²) in [4.78, 5) is 1.68. The zero-order valence-electron chi connectivity index (χ0n) is 12.6. The minimum atomic E-state index is -4.08. The van der Waals surface area contributed by atoms with E-state index in [0.29, 0.717) is 12.6 Å². The Morgan fingerprint density at radius 2 is 1.60 bits per heavy atom. The van der Waals surface area contributed by atoms with Gasteiger partial charge in [-0.2, -0.15) is 13.2 Å². The van der Waals surface area contributed by atoms with Crippen molar-refractivity contribution in [3.05, 3.63) is 0 Å². The molecule has 0 bridgehead atoms. The van der Waals surface area contributed by atoms with Crippen molar-refractivity contribution in [3.8, 4) is 0 Å². The third kappa shape index (κ3) is 4.92. The van der Waals surface area contributed by atoms with Crippen LogP contribution in [-0.4, -0.2) is 42.8 Å². The number of nitrogens with one attached hydrogen (secondary N) is 1. The summed E-state index contributed by atoms with van der Waals surface area (Å²) in [6.45, 7) is 4.89. The quantitative estimate of drug-likeness (QED) is 0.699. The number of halogens is 3. The Hall–Kier alpha value is -0.290. The molecule has 0 amide bonds. The summed E-state index contributed by atoms with van der Waals surface area (Å²) in [5.74, 6) is 0. The van der Waals surface area contributed by atoms with Gasteiger partial charge in [0.05, 0.1) is 6.54 Å². The average molecular weight is 292 g/mol. The molecule has 5 heteroatoms. The summed E-state index contributed by atoms with van der Waals surface area (Å²) < 4.78 is 38.2. The fraction of sp³-hybridized carbons (Fsp3) is 1.00. The molecule has 0 saturated heterocycles. The molecule has 0 spiro atoms. The maximum atomic E-state index is 12.7. The third-order valence-electron chi connectivity index (χ3n) is 4.83. The Bertz CT molecular complexity index is 305. The average Bonchev–Trinajstić information content (AvgIpc) is 3.26. The van der Waals surface area contributed by atoms with Gasteiger partial charge in [0.25, 0.3) is 0 Å². The molecule has 2 aliphatic carbocycles. The van der Waals surface area contributed by atoms with E-state index in [1.54, 1.807) is 4.90 Å². The molecule has 2 aliphatic rings. The topological polar surface area (TPSA) is 15.3 Å². The van der Waals surface area contributed by atoms with Gasteiger partial charge in [-0.05, 0) is 43.9 Å². The molecule has 2 rings (SSSR count). The number of hydrogen-bond donors (Lipinski definition) is 1. The normalized spacial score (nSPS) is 20.7. The van der Waals surface area contributed by atoms with Crippen LogP contribution >= 0.6 is 0 Å². The Morgan fingerprint density at radius 1 is 1.00 bits per heavy atom. The highest BCUT2D eigenvalue weighted by Crippen LogP contribution is 2.36. The molecule has 1 N–H and O–H groups in total. The first-order valence-corrected chi connectivity index (χ1v) is 7.91. The highest BCUT2D eigenvalue weighted by atomic mass is 19.4. The Morgan fingerprint density at radius 3 is 2.00 bits per heavy atom. The minimum absolute atomic E-state index is 0.0174. The number of nitrogens with zero attached hydrogens (tertiary/aromatic N) is 1. The molecule has 2 saturated carbocycles. The van der Waals surface area contributed by atoms with Crippen molar-refractivity contribution in [3.63, 3.8) is 0 Å². The van der Waals surface area contributed by atoms with Crippen molar-refractivity contribution < 1.29 is 13.2 Å². The van der Waals surface area contributed by atoms with E-state index >= 15 is 0 Å². The zero-order valence-corrected chi connectivity index (χ0v) is 12.6. The van der Waals surface area contributed by atoms with E-state index in [4.69, 9.17) is 0 Å². The van der Waals surface area contributed by atoms with Crippen LogP contribution < -0.4 is 5.32 Å². The molecule has 0 aromatic carbocycles. The van der Waals surface area contributed by atoms with Gasteiger partial charge < -0.3 is 5.32 Å². The lowest BCUT2D eigenvalue weighted by Gasteiger charge is -2.38. The van der Waals surface area contributed by atoms with Crippen LogP contribution in [0.5, 0.6) is 0 Å². The molecule has 118 valence electrons. The second kappa shape index (κ2) is 6.22. The van der Waals surface area contributed by atoms with Crippen molar-refractivity contribution in [2.45, 2.75) is 70.6 Å². The van der Waals surface area contributed by atoms with Crippen molar-refractivity contribution in [2.24, 2.45) is 5.41 Å². The molecular formula is C15H27F3N2. The SMILES string of the molecule is CCC(CC)(CNC1CC1)CN(CC(F)(F)F)C1CC1. The first-order chi connectivity index (χ1) is 9.37. The molecule has 0 radical (unpaired) electrons. The summed E-state index contributed by atoms with van der Waals surface area (Å²) in [6, 6.07) is 0.777. The van der Waals surface area contributed by atoms with E-state index in [1.165, 1.54) is 12.8 Å². The first kappa shape index (κ1) is 16.1. The number of alkyl halides is 3. The first-order valence-electron chi connectivity index (χ1n) is 7.91. The molecule has 0 aliphatic heterocycles. The van der Waals surface area contributed by atoms with Crippen LogP contribution in [0.25, 0.3) is 0 Å². The second-order valence-electron chi connectivity index (χ2n) is 6.61. The van der Waals surface area contributed by atoms with Gasteiger partial charge in [-0.3, -0.25) is 4.90 Å². The number of hydrogen-bond acceptors (Lipinski definition) is 2. The van der Waals surface area contributed by atoms with Crippen LogP contribution in [0.2, 0.25) is 0 Å². The van der Waals surface area contributed by atoms with Crippen LogP contribution in [0.3, 0.4) is 0 Å². The van der Waals surface area contributed by atoms with Gasteiger partial charge in [0, 0.05) is 25.2 Å². The zero-order chi connectivity index (χ0) is 14.8. The van der Waals surface area contributed by atoms with Gasteiger partial charge in [0.1, 0.15) is 0 Å². The van der Waals surface area contributed by atoms with E-state index < -0.39 is 12.7 Å². The lowest BCUT2D eigenvalue weighted by molar-refractivity contribution is -0.150.